The quantitative estimate of drug-likeness (QED) is 0.854. The van der Waals surface area contributed by atoms with Gasteiger partial charge in [-0.05, 0) is 37.0 Å². The van der Waals surface area contributed by atoms with E-state index in [1.807, 2.05) is 13.8 Å². The Labute approximate surface area is 113 Å². The molecule has 0 saturated heterocycles. The van der Waals surface area contributed by atoms with Crippen molar-refractivity contribution in [1.29, 1.82) is 0 Å². The molecule has 3 nitrogen and oxygen atoms in total. The number of benzene rings is 1. The summed E-state index contributed by atoms with van der Waals surface area (Å²) in [5.41, 5.74) is -0.603. The normalized spacial score (nSPS) is 16.0. The maximum Gasteiger partial charge on any atom is 0.312 e. The predicted molar refractivity (Wildman–Crippen MR) is 71.1 cm³/mol. The number of carbonyl (C=O) groups excluding carboxylic acids is 1. The molecule has 0 aliphatic rings. The molecule has 0 spiro atoms. The van der Waals surface area contributed by atoms with E-state index >= 15 is 0 Å². The summed E-state index contributed by atoms with van der Waals surface area (Å²) in [6, 6.07) is 4.50. The second-order valence-electron chi connectivity index (χ2n) is 5.36. The van der Waals surface area contributed by atoms with Crippen LogP contribution in [0.5, 0.6) is 0 Å². The molecular weight excluding hydrogens is 247 g/mol. The van der Waals surface area contributed by atoms with Gasteiger partial charge in [0.25, 0.3) is 0 Å². The molecule has 1 aromatic carbocycles. The highest BCUT2D eigenvalue weighted by Gasteiger charge is 2.42. The van der Waals surface area contributed by atoms with E-state index in [2.05, 4.69) is 0 Å². The predicted octanol–water partition coefficient (Wildman–Crippen LogP) is 2.79. The lowest BCUT2D eigenvalue weighted by atomic mass is 9.76. The van der Waals surface area contributed by atoms with Crippen molar-refractivity contribution in [3.8, 4) is 0 Å². The van der Waals surface area contributed by atoms with Gasteiger partial charge in [0, 0.05) is 0 Å². The lowest BCUT2D eigenvalue weighted by molar-refractivity contribution is -0.159. The molecule has 0 aliphatic carbocycles. The first-order valence-electron chi connectivity index (χ1n) is 6.28. The molecule has 0 heterocycles. The molecular formula is C15H21FO3. The highest BCUT2D eigenvalue weighted by atomic mass is 19.1. The SMILES string of the molecule is COC(=O)C(C(C)C)C(C)(O)c1ccc(C)c(F)c1. The number of hydrogen-bond donors (Lipinski definition) is 1. The Kier molecular flexibility index (Phi) is 4.69. The number of esters is 1. The van der Waals surface area contributed by atoms with Crippen molar-refractivity contribution in [2.45, 2.75) is 33.3 Å². The average Bonchev–Trinajstić information content (AvgIpc) is 2.31. The van der Waals surface area contributed by atoms with Gasteiger partial charge < -0.3 is 9.84 Å². The molecule has 0 amide bonds. The third kappa shape index (κ3) is 3.13. The zero-order chi connectivity index (χ0) is 14.8. The first kappa shape index (κ1) is 15.6. The van der Waals surface area contributed by atoms with E-state index in [0.717, 1.165) is 0 Å². The molecule has 0 radical (unpaired) electrons. The van der Waals surface area contributed by atoms with Gasteiger partial charge in [0.15, 0.2) is 0 Å². The van der Waals surface area contributed by atoms with Crippen LogP contribution in [0, 0.1) is 24.6 Å². The number of rotatable bonds is 4. The van der Waals surface area contributed by atoms with Crippen molar-refractivity contribution in [1.82, 2.24) is 0 Å². The number of hydrogen-bond acceptors (Lipinski definition) is 3. The summed E-state index contributed by atoms with van der Waals surface area (Å²) >= 11 is 0. The number of aryl methyl sites for hydroxylation is 1. The van der Waals surface area contributed by atoms with Gasteiger partial charge >= 0.3 is 5.97 Å². The van der Waals surface area contributed by atoms with Crippen LogP contribution in [0.1, 0.15) is 31.9 Å². The fraction of sp³-hybridized carbons (Fsp3) is 0.533. The number of carbonyl (C=O) groups is 1. The number of halogens is 1. The maximum absolute atomic E-state index is 13.6. The van der Waals surface area contributed by atoms with Crippen molar-refractivity contribution < 1.29 is 19.0 Å². The maximum atomic E-state index is 13.6. The first-order chi connectivity index (χ1) is 8.71. The van der Waals surface area contributed by atoms with Crippen molar-refractivity contribution >= 4 is 5.97 Å². The van der Waals surface area contributed by atoms with E-state index in [0.29, 0.717) is 11.1 Å². The lowest BCUT2D eigenvalue weighted by Gasteiger charge is -2.34. The van der Waals surface area contributed by atoms with E-state index in [9.17, 15) is 14.3 Å². The molecule has 0 fully saturated rings. The van der Waals surface area contributed by atoms with E-state index < -0.39 is 23.3 Å². The Hall–Kier alpha value is -1.42. The monoisotopic (exact) mass is 268 g/mol. The summed E-state index contributed by atoms with van der Waals surface area (Å²) in [4.78, 5) is 11.8. The molecule has 19 heavy (non-hydrogen) atoms. The zero-order valence-corrected chi connectivity index (χ0v) is 12.0. The lowest BCUT2D eigenvalue weighted by Crippen LogP contribution is -2.41. The number of ether oxygens (including phenoxy) is 1. The summed E-state index contributed by atoms with van der Waals surface area (Å²) in [6.07, 6.45) is 0. The van der Waals surface area contributed by atoms with Crippen LogP contribution in [0.2, 0.25) is 0 Å². The van der Waals surface area contributed by atoms with Crippen LogP contribution >= 0.6 is 0 Å². The summed E-state index contributed by atoms with van der Waals surface area (Å²) in [5.74, 6) is -1.78. The standard InChI is InChI=1S/C15H21FO3/c1-9(2)13(14(17)19-5)15(4,18)11-7-6-10(3)12(16)8-11/h6-9,13,18H,1-5H3. The van der Waals surface area contributed by atoms with Crippen molar-refractivity contribution in [3.05, 3.63) is 35.1 Å². The molecule has 4 heteroatoms. The number of aliphatic hydroxyl groups is 1. The van der Waals surface area contributed by atoms with E-state index in [4.69, 9.17) is 4.74 Å². The van der Waals surface area contributed by atoms with Crippen molar-refractivity contribution in [2.24, 2.45) is 11.8 Å². The van der Waals surface area contributed by atoms with Crippen LogP contribution in [0.4, 0.5) is 4.39 Å². The Morgan fingerprint density at radius 2 is 2.00 bits per heavy atom. The highest BCUT2D eigenvalue weighted by Crippen LogP contribution is 2.35. The molecule has 2 atom stereocenters. The molecule has 2 unspecified atom stereocenters. The van der Waals surface area contributed by atoms with Crippen LogP contribution in [-0.4, -0.2) is 18.2 Å². The zero-order valence-electron chi connectivity index (χ0n) is 12.0. The molecule has 1 aromatic rings. The minimum Gasteiger partial charge on any atom is -0.469 e. The molecule has 1 N–H and O–H groups in total. The number of methoxy groups -OCH3 is 1. The van der Waals surface area contributed by atoms with E-state index in [1.165, 1.54) is 20.1 Å². The van der Waals surface area contributed by atoms with Crippen LogP contribution in [0.3, 0.4) is 0 Å². The topological polar surface area (TPSA) is 46.5 Å². The summed E-state index contributed by atoms with van der Waals surface area (Å²) in [6.45, 7) is 6.80. The van der Waals surface area contributed by atoms with Crippen molar-refractivity contribution in [2.75, 3.05) is 7.11 Å². The molecule has 0 aromatic heterocycles. The molecule has 1 rings (SSSR count). The third-order valence-electron chi connectivity index (χ3n) is 3.48. The van der Waals surface area contributed by atoms with Gasteiger partial charge in [-0.2, -0.15) is 0 Å². The van der Waals surface area contributed by atoms with Gasteiger partial charge in [0.05, 0.1) is 13.0 Å². The van der Waals surface area contributed by atoms with E-state index in [-0.39, 0.29) is 5.92 Å². The van der Waals surface area contributed by atoms with Crippen LogP contribution in [0.15, 0.2) is 18.2 Å². The molecule has 0 aliphatic heterocycles. The Morgan fingerprint density at radius 3 is 2.42 bits per heavy atom. The summed E-state index contributed by atoms with van der Waals surface area (Å²) in [5, 5.41) is 10.7. The van der Waals surface area contributed by atoms with Gasteiger partial charge in [-0.25, -0.2) is 4.39 Å². The molecule has 106 valence electrons. The third-order valence-corrected chi connectivity index (χ3v) is 3.48. The Morgan fingerprint density at radius 1 is 1.42 bits per heavy atom. The van der Waals surface area contributed by atoms with Crippen LogP contribution in [0.25, 0.3) is 0 Å². The van der Waals surface area contributed by atoms with E-state index in [1.54, 1.807) is 19.1 Å². The first-order valence-corrected chi connectivity index (χ1v) is 6.28. The highest BCUT2D eigenvalue weighted by molar-refractivity contribution is 5.74. The van der Waals surface area contributed by atoms with Gasteiger partial charge in [-0.1, -0.05) is 26.0 Å². The van der Waals surface area contributed by atoms with Crippen LogP contribution < -0.4 is 0 Å². The fourth-order valence-electron chi connectivity index (χ4n) is 2.36. The Bertz CT molecular complexity index is 466. The largest absolute Gasteiger partial charge is 0.469 e. The van der Waals surface area contributed by atoms with Gasteiger partial charge in [0.2, 0.25) is 0 Å². The Balaban J connectivity index is 3.25. The average molecular weight is 268 g/mol. The second kappa shape index (κ2) is 5.70. The van der Waals surface area contributed by atoms with Gasteiger partial charge in [-0.15, -0.1) is 0 Å². The fourth-order valence-corrected chi connectivity index (χ4v) is 2.36. The van der Waals surface area contributed by atoms with Crippen molar-refractivity contribution in [3.63, 3.8) is 0 Å². The molecule has 0 saturated carbocycles. The minimum atomic E-state index is -1.48. The van der Waals surface area contributed by atoms with Gasteiger partial charge in [-0.3, -0.25) is 4.79 Å². The van der Waals surface area contributed by atoms with Gasteiger partial charge in [0.1, 0.15) is 11.4 Å². The molecule has 0 bridgehead atoms. The smallest absolute Gasteiger partial charge is 0.312 e. The summed E-state index contributed by atoms with van der Waals surface area (Å²) < 4.78 is 18.4. The van der Waals surface area contributed by atoms with Crippen LogP contribution in [-0.2, 0) is 15.1 Å². The summed E-state index contributed by atoms with van der Waals surface area (Å²) in [7, 11) is 1.28. The minimum absolute atomic E-state index is 0.133. The second-order valence-corrected chi connectivity index (χ2v) is 5.36.